The molecule has 1 heterocycles. The Balaban J connectivity index is 1.95. The number of piperidine rings is 1. The lowest BCUT2D eigenvalue weighted by atomic mass is 10.1. The molecule has 6 heteroatoms. The molecule has 0 aromatic heterocycles. The zero-order valence-corrected chi connectivity index (χ0v) is 11.6. The number of nitrogens with one attached hydrogen (secondary N) is 2. The highest BCUT2D eigenvalue weighted by molar-refractivity contribution is 7.92. The molecule has 1 aromatic carbocycles. The summed E-state index contributed by atoms with van der Waals surface area (Å²) in [5.41, 5.74) is 1.30. The third-order valence-electron chi connectivity index (χ3n) is 3.24. The summed E-state index contributed by atoms with van der Waals surface area (Å²) in [4.78, 5) is 0. The monoisotopic (exact) mass is 284 g/mol. The van der Waals surface area contributed by atoms with Crippen LogP contribution < -0.4 is 10.0 Å². The third kappa shape index (κ3) is 4.49. The van der Waals surface area contributed by atoms with Gasteiger partial charge in [0.15, 0.2) is 0 Å². The van der Waals surface area contributed by atoms with Gasteiger partial charge in [-0.2, -0.15) is 0 Å². The molecule has 0 radical (unpaired) electrons. The van der Waals surface area contributed by atoms with Crippen molar-refractivity contribution in [3.63, 3.8) is 0 Å². The highest BCUT2D eigenvalue weighted by Gasteiger charge is 2.20. The van der Waals surface area contributed by atoms with Gasteiger partial charge in [-0.15, -0.1) is 0 Å². The fourth-order valence-corrected chi connectivity index (χ4v) is 3.62. The lowest BCUT2D eigenvalue weighted by Gasteiger charge is -2.23. The first-order chi connectivity index (χ1) is 9.09. The molecule has 2 rings (SSSR count). The van der Waals surface area contributed by atoms with E-state index in [9.17, 15) is 8.42 Å². The Hall–Kier alpha value is -1.11. The molecule has 3 N–H and O–H groups in total. The number of aliphatic hydroxyl groups excluding tert-OH is 1. The molecule has 1 fully saturated rings. The molecule has 0 bridgehead atoms. The smallest absolute Gasteiger partial charge is 0.234 e. The van der Waals surface area contributed by atoms with Gasteiger partial charge in [0.05, 0.1) is 12.4 Å². The van der Waals surface area contributed by atoms with Crippen molar-refractivity contribution in [2.75, 3.05) is 17.0 Å². The van der Waals surface area contributed by atoms with E-state index < -0.39 is 10.0 Å². The fraction of sp³-hybridized carbons (Fsp3) is 0.538. The lowest BCUT2D eigenvalue weighted by molar-refractivity contribution is 0.282. The summed E-state index contributed by atoms with van der Waals surface area (Å²) >= 11 is 0. The Kier molecular flexibility index (Phi) is 4.79. The lowest BCUT2D eigenvalue weighted by Crippen LogP contribution is -2.40. The van der Waals surface area contributed by atoms with Crippen molar-refractivity contribution in [1.29, 1.82) is 0 Å². The third-order valence-corrected chi connectivity index (χ3v) is 4.63. The largest absolute Gasteiger partial charge is 0.392 e. The van der Waals surface area contributed by atoms with Crippen molar-refractivity contribution in [2.45, 2.75) is 31.9 Å². The molecule has 0 amide bonds. The Morgan fingerprint density at radius 3 is 2.58 bits per heavy atom. The molecule has 1 aliphatic rings. The van der Waals surface area contributed by atoms with E-state index in [1.54, 1.807) is 24.3 Å². The molecule has 0 spiro atoms. The van der Waals surface area contributed by atoms with Crippen LogP contribution in [0.3, 0.4) is 0 Å². The van der Waals surface area contributed by atoms with E-state index in [0.717, 1.165) is 31.4 Å². The topological polar surface area (TPSA) is 78.4 Å². The summed E-state index contributed by atoms with van der Waals surface area (Å²) in [6.07, 6.45) is 3.11. The average Bonchev–Trinajstić information content (AvgIpc) is 2.39. The van der Waals surface area contributed by atoms with E-state index in [-0.39, 0.29) is 18.4 Å². The van der Waals surface area contributed by atoms with Gasteiger partial charge in [-0.05, 0) is 37.1 Å². The Labute approximate surface area is 114 Å². The predicted octanol–water partition coefficient (Wildman–Crippen LogP) is 1.06. The van der Waals surface area contributed by atoms with Gasteiger partial charge in [-0.3, -0.25) is 4.72 Å². The first kappa shape index (κ1) is 14.3. The zero-order valence-electron chi connectivity index (χ0n) is 10.8. The van der Waals surface area contributed by atoms with E-state index in [1.807, 2.05) is 0 Å². The Morgan fingerprint density at radius 1 is 1.26 bits per heavy atom. The molecule has 1 saturated heterocycles. The minimum atomic E-state index is -3.33. The van der Waals surface area contributed by atoms with Gasteiger partial charge in [0.1, 0.15) is 0 Å². The first-order valence-corrected chi connectivity index (χ1v) is 8.18. The minimum absolute atomic E-state index is 0.0426. The van der Waals surface area contributed by atoms with Crippen LogP contribution >= 0.6 is 0 Å². The SMILES string of the molecule is O=S(=O)(CC1CCCCN1)Nc1ccc(CO)cc1. The molecule has 1 atom stereocenters. The highest BCUT2D eigenvalue weighted by Crippen LogP contribution is 2.14. The first-order valence-electron chi connectivity index (χ1n) is 6.53. The van der Waals surface area contributed by atoms with E-state index in [1.165, 1.54) is 0 Å². The van der Waals surface area contributed by atoms with Crippen molar-refractivity contribution < 1.29 is 13.5 Å². The number of aliphatic hydroxyl groups is 1. The predicted molar refractivity (Wildman–Crippen MR) is 75.4 cm³/mol. The van der Waals surface area contributed by atoms with Crippen molar-refractivity contribution in [3.8, 4) is 0 Å². The van der Waals surface area contributed by atoms with Gasteiger partial charge in [0.25, 0.3) is 0 Å². The second kappa shape index (κ2) is 6.36. The summed E-state index contributed by atoms with van der Waals surface area (Å²) in [6, 6.07) is 6.78. The Bertz CT molecular complexity index is 493. The molecule has 1 aliphatic heterocycles. The highest BCUT2D eigenvalue weighted by atomic mass is 32.2. The molecule has 19 heavy (non-hydrogen) atoms. The second-order valence-corrected chi connectivity index (χ2v) is 6.65. The van der Waals surface area contributed by atoms with E-state index >= 15 is 0 Å². The molecule has 1 unspecified atom stereocenters. The molecule has 5 nitrogen and oxygen atoms in total. The van der Waals surface area contributed by atoms with Crippen molar-refractivity contribution in [1.82, 2.24) is 5.32 Å². The molecule has 0 saturated carbocycles. The molecular formula is C13H20N2O3S. The van der Waals surface area contributed by atoms with Crippen LogP contribution in [0.5, 0.6) is 0 Å². The van der Waals surface area contributed by atoms with E-state index in [0.29, 0.717) is 5.69 Å². The van der Waals surface area contributed by atoms with Crippen molar-refractivity contribution in [2.24, 2.45) is 0 Å². The average molecular weight is 284 g/mol. The molecule has 1 aromatic rings. The number of hydrogen-bond acceptors (Lipinski definition) is 4. The summed E-state index contributed by atoms with van der Waals surface area (Å²) in [7, 11) is -3.33. The summed E-state index contributed by atoms with van der Waals surface area (Å²) in [6.45, 7) is 0.852. The van der Waals surface area contributed by atoms with Gasteiger partial charge in [0, 0.05) is 11.7 Å². The van der Waals surface area contributed by atoms with Crippen molar-refractivity contribution >= 4 is 15.7 Å². The van der Waals surface area contributed by atoms with Crippen LogP contribution in [0.1, 0.15) is 24.8 Å². The fourth-order valence-electron chi connectivity index (χ4n) is 2.23. The van der Waals surface area contributed by atoms with Gasteiger partial charge >= 0.3 is 0 Å². The number of rotatable bonds is 5. The number of benzene rings is 1. The normalized spacial score (nSPS) is 20.2. The maximum Gasteiger partial charge on any atom is 0.234 e. The number of anilines is 1. The van der Waals surface area contributed by atoms with Gasteiger partial charge in [-0.1, -0.05) is 18.6 Å². The zero-order chi connectivity index (χ0) is 13.7. The van der Waals surface area contributed by atoms with Gasteiger partial charge < -0.3 is 10.4 Å². The maximum absolute atomic E-state index is 12.0. The van der Waals surface area contributed by atoms with E-state index in [2.05, 4.69) is 10.0 Å². The summed E-state index contributed by atoms with van der Waals surface area (Å²) in [5, 5.41) is 12.2. The summed E-state index contributed by atoms with van der Waals surface area (Å²) in [5.74, 6) is 0.106. The standard InChI is InChI=1S/C13H20N2O3S/c16-9-11-4-6-12(7-5-11)15-19(17,18)10-13-3-1-2-8-14-13/h4-7,13-16H,1-3,8-10H2. The number of hydrogen-bond donors (Lipinski definition) is 3. The van der Waals surface area contributed by atoms with Crippen LogP contribution in [0.25, 0.3) is 0 Å². The second-order valence-electron chi connectivity index (χ2n) is 4.89. The minimum Gasteiger partial charge on any atom is -0.392 e. The quantitative estimate of drug-likeness (QED) is 0.755. The van der Waals surface area contributed by atoms with Crippen LogP contribution in [-0.4, -0.2) is 31.9 Å². The van der Waals surface area contributed by atoms with Crippen LogP contribution in [0, 0.1) is 0 Å². The van der Waals surface area contributed by atoms with E-state index in [4.69, 9.17) is 5.11 Å². The van der Waals surface area contributed by atoms with Crippen LogP contribution in [0.4, 0.5) is 5.69 Å². The molecular weight excluding hydrogens is 264 g/mol. The van der Waals surface area contributed by atoms with Gasteiger partial charge in [0.2, 0.25) is 10.0 Å². The van der Waals surface area contributed by atoms with Gasteiger partial charge in [-0.25, -0.2) is 8.42 Å². The maximum atomic E-state index is 12.0. The summed E-state index contributed by atoms with van der Waals surface area (Å²) < 4.78 is 26.6. The van der Waals surface area contributed by atoms with Crippen molar-refractivity contribution in [3.05, 3.63) is 29.8 Å². The Morgan fingerprint density at radius 2 is 2.00 bits per heavy atom. The van der Waals surface area contributed by atoms with Crippen LogP contribution in [0.15, 0.2) is 24.3 Å². The molecule has 106 valence electrons. The van der Waals surface area contributed by atoms with Crippen LogP contribution in [0.2, 0.25) is 0 Å². The number of sulfonamides is 1. The van der Waals surface area contributed by atoms with Crippen LogP contribution in [-0.2, 0) is 16.6 Å². The molecule has 0 aliphatic carbocycles.